The van der Waals surface area contributed by atoms with Crippen molar-refractivity contribution in [3.8, 4) is 0 Å². The van der Waals surface area contributed by atoms with Crippen LogP contribution in [0.4, 0.5) is 5.69 Å². The Kier molecular flexibility index (Phi) is 3.44. The Hall–Kier alpha value is -1.35. The lowest BCUT2D eigenvalue weighted by Crippen LogP contribution is -2.56. The van der Waals surface area contributed by atoms with Crippen LogP contribution in [0.2, 0.25) is 0 Å². The fourth-order valence-electron chi connectivity index (χ4n) is 2.62. The lowest BCUT2D eigenvalue weighted by atomic mass is 9.86. The van der Waals surface area contributed by atoms with Gasteiger partial charge in [0.1, 0.15) is 0 Å². The van der Waals surface area contributed by atoms with E-state index in [4.69, 9.17) is 0 Å². The van der Waals surface area contributed by atoms with Crippen LogP contribution in [0, 0.1) is 0 Å². The molecule has 18 heavy (non-hydrogen) atoms. The number of ketones is 1. The van der Waals surface area contributed by atoms with Crippen LogP contribution in [-0.2, 0) is 0 Å². The van der Waals surface area contributed by atoms with Crippen LogP contribution >= 0.6 is 0 Å². The zero-order valence-electron chi connectivity index (χ0n) is 11.3. The summed E-state index contributed by atoms with van der Waals surface area (Å²) in [5, 5.41) is 10.1. The minimum absolute atomic E-state index is 0.0761. The first-order valence-electron chi connectivity index (χ1n) is 6.49. The molecule has 0 saturated carbocycles. The standard InChI is InChI=1S/C15H21NO2/c1-11(17)12-6-4-7-13(10-12)16-9-5-8-14(18)15(16,2)3/h4,6-7,10,14,18H,5,8-9H2,1-3H3. The van der Waals surface area contributed by atoms with E-state index in [1.807, 2.05) is 24.3 Å². The molecule has 2 rings (SSSR count). The zero-order valence-corrected chi connectivity index (χ0v) is 11.3. The summed E-state index contributed by atoms with van der Waals surface area (Å²) in [4.78, 5) is 13.6. The van der Waals surface area contributed by atoms with Gasteiger partial charge in [-0.2, -0.15) is 0 Å². The second kappa shape index (κ2) is 4.73. The lowest BCUT2D eigenvalue weighted by molar-refractivity contribution is 0.0711. The number of piperidine rings is 1. The predicted molar refractivity (Wildman–Crippen MR) is 73.1 cm³/mol. The van der Waals surface area contributed by atoms with Crippen molar-refractivity contribution >= 4 is 11.5 Å². The Morgan fingerprint density at radius 2 is 2.17 bits per heavy atom. The molecule has 3 heteroatoms. The number of carbonyl (C=O) groups excluding carboxylic acids is 1. The highest BCUT2D eigenvalue weighted by Crippen LogP contribution is 2.33. The first-order chi connectivity index (χ1) is 8.43. The maximum absolute atomic E-state index is 11.4. The molecule has 1 aliphatic heterocycles. The van der Waals surface area contributed by atoms with Crippen molar-refractivity contribution in [1.29, 1.82) is 0 Å². The van der Waals surface area contributed by atoms with Gasteiger partial charge < -0.3 is 10.0 Å². The molecule has 98 valence electrons. The highest BCUT2D eigenvalue weighted by atomic mass is 16.3. The Labute approximate surface area is 108 Å². The molecule has 1 N–H and O–H groups in total. The van der Waals surface area contributed by atoms with Crippen molar-refractivity contribution in [3.05, 3.63) is 29.8 Å². The molecule has 3 nitrogen and oxygen atoms in total. The third-order valence-corrected chi connectivity index (χ3v) is 3.93. The van der Waals surface area contributed by atoms with E-state index in [1.165, 1.54) is 0 Å². The Morgan fingerprint density at radius 1 is 1.44 bits per heavy atom. The second-order valence-corrected chi connectivity index (χ2v) is 5.57. The molecular formula is C15H21NO2. The molecule has 0 bridgehead atoms. The maximum atomic E-state index is 11.4. The van der Waals surface area contributed by atoms with Crippen molar-refractivity contribution in [2.75, 3.05) is 11.4 Å². The van der Waals surface area contributed by atoms with Gasteiger partial charge in [-0.05, 0) is 45.7 Å². The molecule has 1 heterocycles. The first-order valence-corrected chi connectivity index (χ1v) is 6.49. The van der Waals surface area contributed by atoms with Gasteiger partial charge >= 0.3 is 0 Å². The smallest absolute Gasteiger partial charge is 0.159 e. The largest absolute Gasteiger partial charge is 0.391 e. The highest BCUT2D eigenvalue weighted by Gasteiger charge is 2.37. The Morgan fingerprint density at radius 3 is 2.83 bits per heavy atom. The summed E-state index contributed by atoms with van der Waals surface area (Å²) in [6, 6.07) is 7.66. The third-order valence-electron chi connectivity index (χ3n) is 3.93. The van der Waals surface area contributed by atoms with E-state index in [0.717, 1.165) is 30.6 Å². The van der Waals surface area contributed by atoms with Crippen LogP contribution in [0.25, 0.3) is 0 Å². The van der Waals surface area contributed by atoms with Crippen molar-refractivity contribution in [1.82, 2.24) is 0 Å². The van der Waals surface area contributed by atoms with E-state index in [1.54, 1.807) is 6.92 Å². The fraction of sp³-hybridized carbons (Fsp3) is 0.533. The van der Waals surface area contributed by atoms with Crippen molar-refractivity contribution in [2.45, 2.75) is 45.3 Å². The van der Waals surface area contributed by atoms with Crippen LogP contribution in [0.1, 0.15) is 44.0 Å². The van der Waals surface area contributed by atoms with Gasteiger partial charge in [-0.15, -0.1) is 0 Å². The fourth-order valence-corrected chi connectivity index (χ4v) is 2.62. The van der Waals surface area contributed by atoms with Crippen molar-refractivity contribution < 1.29 is 9.90 Å². The average molecular weight is 247 g/mol. The average Bonchev–Trinajstić information content (AvgIpc) is 2.32. The molecule has 1 aromatic rings. The minimum atomic E-state index is -0.327. The van der Waals surface area contributed by atoms with Gasteiger partial charge in [0.15, 0.2) is 5.78 Å². The maximum Gasteiger partial charge on any atom is 0.159 e. The number of Topliss-reactive ketones (excluding diaryl/α,β-unsaturated/α-hetero) is 1. The van der Waals surface area contributed by atoms with Gasteiger partial charge in [-0.3, -0.25) is 4.79 Å². The molecule has 1 fully saturated rings. The predicted octanol–water partition coefficient (Wildman–Crippen LogP) is 2.63. The molecule has 0 radical (unpaired) electrons. The quantitative estimate of drug-likeness (QED) is 0.817. The molecular weight excluding hydrogens is 226 g/mol. The SMILES string of the molecule is CC(=O)c1cccc(N2CCCC(O)C2(C)C)c1. The number of rotatable bonds is 2. The van der Waals surface area contributed by atoms with Gasteiger partial charge in [-0.25, -0.2) is 0 Å². The third kappa shape index (κ3) is 2.27. The van der Waals surface area contributed by atoms with E-state index < -0.39 is 0 Å². The molecule has 0 amide bonds. The number of aliphatic hydroxyl groups is 1. The number of hydrogen-bond donors (Lipinski definition) is 1. The van der Waals surface area contributed by atoms with E-state index in [-0.39, 0.29) is 17.4 Å². The number of aliphatic hydroxyl groups excluding tert-OH is 1. The Bertz CT molecular complexity index is 454. The number of hydrogen-bond acceptors (Lipinski definition) is 3. The summed E-state index contributed by atoms with van der Waals surface area (Å²) in [7, 11) is 0. The van der Waals surface area contributed by atoms with Gasteiger partial charge in [-0.1, -0.05) is 12.1 Å². The molecule has 1 saturated heterocycles. The molecule has 1 unspecified atom stereocenters. The van der Waals surface area contributed by atoms with Crippen LogP contribution in [0.3, 0.4) is 0 Å². The summed E-state index contributed by atoms with van der Waals surface area (Å²) in [6.07, 6.45) is 1.50. The summed E-state index contributed by atoms with van der Waals surface area (Å²) in [5.74, 6) is 0.0761. The number of carbonyl (C=O) groups is 1. The van der Waals surface area contributed by atoms with Crippen LogP contribution < -0.4 is 4.90 Å². The Balaban J connectivity index is 2.35. The van der Waals surface area contributed by atoms with Gasteiger partial charge in [0.05, 0.1) is 11.6 Å². The van der Waals surface area contributed by atoms with Crippen LogP contribution in [0.5, 0.6) is 0 Å². The van der Waals surface area contributed by atoms with E-state index in [0.29, 0.717) is 0 Å². The van der Waals surface area contributed by atoms with Gasteiger partial charge in [0, 0.05) is 17.8 Å². The lowest BCUT2D eigenvalue weighted by Gasteiger charge is -2.47. The van der Waals surface area contributed by atoms with Gasteiger partial charge in [0.25, 0.3) is 0 Å². The molecule has 1 aromatic carbocycles. The second-order valence-electron chi connectivity index (χ2n) is 5.57. The normalized spacial score (nSPS) is 22.9. The van der Waals surface area contributed by atoms with Crippen LogP contribution in [0.15, 0.2) is 24.3 Å². The number of anilines is 1. The van der Waals surface area contributed by atoms with Crippen LogP contribution in [-0.4, -0.2) is 29.1 Å². The zero-order chi connectivity index (χ0) is 13.3. The van der Waals surface area contributed by atoms with Gasteiger partial charge in [0.2, 0.25) is 0 Å². The number of benzene rings is 1. The summed E-state index contributed by atoms with van der Waals surface area (Å²) in [5.41, 5.74) is 1.46. The summed E-state index contributed by atoms with van der Waals surface area (Å²) < 4.78 is 0. The van der Waals surface area contributed by atoms with Crippen molar-refractivity contribution in [3.63, 3.8) is 0 Å². The molecule has 1 atom stereocenters. The first kappa shape index (κ1) is 13.1. The molecule has 1 aliphatic rings. The van der Waals surface area contributed by atoms with E-state index in [9.17, 15) is 9.90 Å². The molecule has 0 aromatic heterocycles. The molecule has 0 spiro atoms. The minimum Gasteiger partial charge on any atom is -0.391 e. The molecule has 0 aliphatic carbocycles. The van der Waals surface area contributed by atoms with Crippen molar-refractivity contribution in [2.24, 2.45) is 0 Å². The summed E-state index contributed by atoms with van der Waals surface area (Å²) in [6.45, 7) is 6.61. The monoisotopic (exact) mass is 247 g/mol. The number of nitrogens with zero attached hydrogens (tertiary/aromatic N) is 1. The highest BCUT2D eigenvalue weighted by molar-refractivity contribution is 5.95. The summed E-state index contributed by atoms with van der Waals surface area (Å²) >= 11 is 0. The topological polar surface area (TPSA) is 40.5 Å². The van der Waals surface area contributed by atoms with E-state index in [2.05, 4.69) is 18.7 Å². The van der Waals surface area contributed by atoms with E-state index >= 15 is 0 Å².